The number of halogens is 1. The Kier molecular flexibility index (Phi) is 5.41. The molecule has 13 nitrogen and oxygen atoms in total. The topological polar surface area (TPSA) is 172 Å². The van der Waals surface area contributed by atoms with Crippen LogP contribution in [0.4, 0.5) is 16.6 Å². The van der Waals surface area contributed by atoms with Crippen LogP contribution in [-0.2, 0) is 32.3 Å². The van der Waals surface area contributed by atoms with E-state index in [1.165, 1.54) is 0 Å². The molecule has 0 saturated carbocycles. The van der Waals surface area contributed by atoms with Crippen molar-refractivity contribution in [2.75, 3.05) is 18.1 Å². The number of fused-ring (bicyclic) bond motifs is 2. The van der Waals surface area contributed by atoms with Gasteiger partial charge in [0, 0.05) is 17.6 Å². The number of nitrogen functional groups attached to an aromatic ring is 2. The van der Waals surface area contributed by atoms with Gasteiger partial charge in [0.2, 0.25) is 18.3 Å². The summed E-state index contributed by atoms with van der Waals surface area (Å²) in [6.45, 7) is 1.70. The highest BCUT2D eigenvalue weighted by atomic mass is 35.5. The molecule has 3 aliphatic rings. The molecule has 2 unspecified atom stereocenters. The maximum absolute atomic E-state index is 13.5. The van der Waals surface area contributed by atoms with E-state index in [0.29, 0.717) is 28.0 Å². The molecule has 3 aliphatic heterocycles. The molecule has 190 valence electrons. The predicted octanol–water partition coefficient (Wildman–Crippen LogP) is 3.70. The lowest BCUT2D eigenvalue weighted by atomic mass is 9.99. The molecule has 5 heterocycles. The van der Waals surface area contributed by atoms with Crippen LogP contribution in [0.2, 0.25) is 5.02 Å². The molecule has 4 N–H and O–H groups in total. The minimum absolute atomic E-state index is 0.0485. The fourth-order valence-electron chi connectivity index (χ4n) is 4.65. The molecule has 0 radical (unpaired) electrons. The highest BCUT2D eigenvalue weighted by molar-refractivity contribution is 7.48. The summed E-state index contributed by atoms with van der Waals surface area (Å²) in [6.07, 6.45) is -2.94. The molecule has 2 aromatic heterocycles. The van der Waals surface area contributed by atoms with Gasteiger partial charge >= 0.3 is 14.0 Å². The van der Waals surface area contributed by atoms with Gasteiger partial charge in [-0.15, -0.1) is 0 Å². The molecule has 6 atom stereocenters. The zero-order chi connectivity index (χ0) is 25.2. The lowest BCUT2D eigenvalue weighted by molar-refractivity contribution is -0.155. The summed E-state index contributed by atoms with van der Waals surface area (Å²) in [5.41, 5.74) is 11.4. The summed E-state index contributed by atoms with van der Waals surface area (Å²) in [4.78, 5) is 20.4. The van der Waals surface area contributed by atoms with Crippen LogP contribution in [0.15, 0.2) is 36.5 Å². The van der Waals surface area contributed by atoms with Gasteiger partial charge in [-0.3, -0.25) is 13.6 Å². The molecule has 3 saturated heterocycles. The number of nitrogens with zero attached hydrogens (tertiary/aromatic N) is 3. The van der Waals surface area contributed by atoms with Crippen LogP contribution in [0.3, 0.4) is 0 Å². The fourth-order valence-corrected chi connectivity index (χ4v) is 6.30. The van der Waals surface area contributed by atoms with Crippen LogP contribution in [0.1, 0.15) is 31.2 Å². The van der Waals surface area contributed by atoms with Crippen LogP contribution < -0.4 is 11.5 Å². The van der Waals surface area contributed by atoms with Gasteiger partial charge in [0.15, 0.2) is 11.8 Å². The Balaban J connectivity index is 1.31. The predicted molar refractivity (Wildman–Crippen MR) is 125 cm³/mol. The van der Waals surface area contributed by atoms with Crippen molar-refractivity contribution in [2.45, 2.75) is 43.7 Å². The molecule has 0 bridgehead atoms. The third-order valence-electron chi connectivity index (χ3n) is 6.30. The van der Waals surface area contributed by atoms with E-state index in [1.807, 2.05) is 0 Å². The third-order valence-corrected chi connectivity index (χ3v) is 8.02. The van der Waals surface area contributed by atoms with Crippen molar-refractivity contribution < 1.29 is 37.1 Å². The van der Waals surface area contributed by atoms with Crippen molar-refractivity contribution >= 4 is 48.4 Å². The molecule has 0 aliphatic carbocycles. The lowest BCUT2D eigenvalue weighted by Crippen LogP contribution is -2.41. The average Bonchev–Trinajstić information content (AvgIpc) is 3.43. The number of carbonyl (C=O) groups excluding carboxylic acids is 1. The van der Waals surface area contributed by atoms with Crippen LogP contribution in [0.25, 0.3) is 11.0 Å². The standard InChI is InChI=1S/C21H21ClN5O8P/c1-21-14(31-20(28)33-21)17(32-18(21)27-7-5-12-15(23)25-19(24)26-16(12)27)35-36(29)30-8-6-13(34-36)10-3-2-4-11(22)9-10/h2-5,7,9,13-14,17-18H,6,8H2,1H3,(H4,23,24,25,26)/t13-,14+,17?,18+,21+,36?/m0/s1. The number of nitrogens with two attached hydrogens (primary N) is 2. The number of rotatable bonds is 4. The minimum Gasteiger partial charge on any atom is -0.421 e. The van der Waals surface area contributed by atoms with E-state index in [9.17, 15) is 9.36 Å². The Labute approximate surface area is 209 Å². The summed E-state index contributed by atoms with van der Waals surface area (Å²) in [5.74, 6) is 0.122. The smallest absolute Gasteiger partial charge is 0.421 e. The van der Waals surface area contributed by atoms with Crippen molar-refractivity contribution in [1.82, 2.24) is 14.5 Å². The van der Waals surface area contributed by atoms with E-state index in [4.69, 9.17) is 50.9 Å². The van der Waals surface area contributed by atoms with Gasteiger partial charge in [0.25, 0.3) is 0 Å². The molecule has 36 heavy (non-hydrogen) atoms. The zero-order valence-corrected chi connectivity index (χ0v) is 20.4. The molecule has 15 heteroatoms. The highest BCUT2D eigenvalue weighted by Gasteiger charge is 2.66. The zero-order valence-electron chi connectivity index (χ0n) is 18.8. The SMILES string of the molecule is C[C@@]12OC(=O)O[C@@H]1C(OP1(=O)OCC[C@@H](c3cccc(Cl)c3)O1)O[C@H]2n1ccc2c(N)nc(N)nc21. The van der Waals surface area contributed by atoms with Crippen molar-refractivity contribution in [3.63, 3.8) is 0 Å². The highest BCUT2D eigenvalue weighted by Crippen LogP contribution is 2.60. The number of phosphoric acid groups is 1. The second-order valence-electron chi connectivity index (χ2n) is 8.68. The van der Waals surface area contributed by atoms with Crippen LogP contribution in [-0.4, -0.2) is 45.3 Å². The molecule has 3 aromatic rings. The van der Waals surface area contributed by atoms with Gasteiger partial charge in [-0.1, -0.05) is 23.7 Å². The van der Waals surface area contributed by atoms with Crippen molar-refractivity contribution in [2.24, 2.45) is 0 Å². The number of phosphoric ester groups is 1. The second kappa shape index (κ2) is 8.30. The normalized spacial score (nSPS) is 33.9. The maximum Gasteiger partial charge on any atom is 0.509 e. The summed E-state index contributed by atoms with van der Waals surface area (Å²) >= 11 is 6.09. The van der Waals surface area contributed by atoms with Gasteiger partial charge < -0.3 is 30.2 Å². The number of hydrogen-bond donors (Lipinski definition) is 2. The van der Waals surface area contributed by atoms with E-state index in [2.05, 4.69) is 9.97 Å². The average molecular weight is 538 g/mol. The summed E-state index contributed by atoms with van der Waals surface area (Å²) in [6, 6.07) is 8.67. The van der Waals surface area contributed by atoms with Crippen molar-refractivity contribution in [1.29, 1.82) is 0 Å². The lowest BCUT2D eigenvalue weighted by Gasteiger charge is -2.31. The molecular formula is C21H21ClN5O8P. The monoisotopic (exact) mass is 537 g/mol. The largest absolute Gasteiger partial charge is 0.509 e. The number of carbonyl (C=O) groups is 1. The molecule has 3 fully saturated rings. The first-order valence-electron chi connectivity index (χ1n) is 11.0. The molecule has 0 spiro atoms. The second-order valence-corrected chi connectivity index (χ2v) is 10.7. The Morgan fingerprint density at radius 3 is 2.92 bits per heavy atom. The molecular weight excluding hydrogens is 517 g/mol. The summed E-state index contributed by atoms with van der Waals surface area (Å²) < 4.78 is 48.9. The van der Waals surface area contributed by atoms with E-state index in [-0.39, 0.29) is 18.4 Å². The molecule has 0 amide bonds. The van der Waals surface area contributed by atoms with E-state index < -0.39 is 44.3 Å². The Bertz CT molecular complexity index is 1420. The van der Waals surface area contributed by atoms with Crippen LogP contribution in [0.5, 0.6) is 0 Å². The van der Waals surface area contributed by atoms with E-state index >= 15 is 0 Å². The van der Waals surface area contributed by atoms with Crippen molar-refractivity contribution in [3.8, 4) is 0 Å². The van der Waals surface area contributed by atoms with E-state index in [0.717, 1.165) is 0 Å². The number of benzene rings is 1. The Morgan fingerprint density at radius 1 is 1.28 bits per heavy atom. The number of ether oxygens (including phenoxy) is 3. The van der Waals surface area contributed by atoms with Gasteiger partial charge in [0.05, 0.1) is 18.1 Å². The maximum atomic E-state index is 13.5. The molecule has 6 rings (SSSR count). The Morgan fingerprint density at radius 2 is 2.11 bits per heavy atom. The summed E-state index contributed by atoms with van der Waals surface area (Å²) in [7, 11) is -4.16. The van der Waals surface area contributed by atoms with Crippen LogP contribution >= 0.6 is 19.4 Å². The first-order chi connectivity index (χ1) is 17.1. The third kappa shape index (κ3) is 3.79. The minimum atomic E-state index is -4.16. The van der Waals surface area contributed by atoms with Gasteiger partial charge in [0.1, 0.15) is 11.5 Å². The number of aromatic nitrogens is 3. The fraction of sp³-hybridized carbons (Fsp3) is 0.381. The van der Waals surface area contributed by atoms with Gasteiger partial charge in [-0.2, -0.15) is 9.97 Å². The van der Waals surface area contributed by atoms with Gasteiger partial charge in [-0.25, -0.2) is 9.36 Å². The van der Waals surface area contributed by atoms with Gasteiger partial charge in [-0.05, 0) is 30.7 Å². The quantitative estimate of drug-likeness (QED) is 0.365. The summed E-state index contributed by atoms with van der Waals surface area (Å²) in [5, 5.41) is 1.02. The van der Waals surface area contributed by atoms with Crippen molar-refractivity contribution in [3.05, 3.63) is 47.1 Å². The molecule has 1 aromatic carbocycles. The number of hydrogen-bond acceptors (Lipinski definition) is 12. The number of anilines is 2. The Hall–Kier alpha value is -2.93. The van der Waals surface area contributed by atoms with Crippen LogP contribution in [0, 0.1) is 0 Å². The first kappa shape index (κ1) is 23.5. The van der Waals surface area contributed by atoms with E-state index in [1.54, 1.807) is 48.0 Å². The first-order valence-corrected chi connectivity index (χ1v) is 12.8.